The summed E-state index contributed by atoms with van der Waals surface area (Å²) < 4.78 is 25.9. The number of aliphatic hydroxyl groups is 1. The van der Waals surface area contributed by atoms with Crippen LogP contribution in [0, 0.1) is 11.6 Å². The third-order valence-electron chi connectivity index (χ3n) is 1.95. The second kappa shape index (κ2) is 5.55. The van der Waals surface area contributed by atoms with Crippen LogP contribution in [0.4, 0.5) is 8.78 Å². The van der Waals surface area contributed by atoms with E-state index in [2.05, 4.69) is 5.32 Å². The van der Waals surface area contributed by atoms with E-state index in [-0.39, 0.29) is 18.5 Å². The first-order chi connectivity index (χ1) is 7.49. The molecule has 5 heteroatoms. The second-order valence-electron chi connectivity index (χ2n) is 3.57. The monoisotopic (exact) mass is 229 g/mol. The highest BCUT2D eigenvalue weighted by atomic mass is 19.1. The predicted octanol–water partition coefficient (Wildman–Crippen LogP) is 1.00. The molecule has 1 unspecified atom stereocenters. The minimum atomic E-state index is -0.665. The van der Waals surface area contributed by atoms with Gasteiger partial charge in [0.25, 0.3) is 0 Å². The third-order valence-corrected chi connectivity index (χ3v) is 1.95. The minimum absolute atomic E-state index is 0.00286. The number of hydrogen-bond donors (Lipinski definition) is 2. The molecule has 0 radical (unpaired) electrons. The minimum Gasteiger partial charge on any atom is -0.392 e. The van der Waals surface area contributed by atoms with E-state index in [0.29, 0.717) is 0 Å². The average Bonchev–Trinajstić information content (AvgIpc) is 2.20. The lowest BCUT2D eigenvalue weighted by Gasteiger charge is -2.07. The van der Waals surface area contributed by atoms with Crippen LogP contribution in [0.3, 0.4) is 0 Å². The Morgan fingerprint density at radius 1 is 1.50 bits per heavy atom. The topological polar surface area (TPSA) is 49.3 Å². The summed E-state index contributed by atoms with van der Waals surface area (Å²) in [4.78, 5) is 11.3. The molecule has 88 valence electrons. The van der Waals surface area contributed by atoms with Gasteiger partial charge in [-0.15, -0.1) is 0 Å². The zero-order chi connectivity index (χ0) is 12.1. The molecule has 1 amide bonds. The number of nitrogens with one attached hydrogen (secondary N) is 1. The maximum absolute atomic E-state index is 13.1. The second-order valence-corrected chi connectivity index (χ2v) is 3.57. The molecule has 3 nitrogen and oxygen atoms in total. The highest BCUT2D eigenvalue weighted by Crippen LogP contribution is 2.10. The van der Waals surface area contributed by atoms with Crippen molar-refractivity contribution in [2.24, 2.45) is 0 Å². The van der Waals surface area contributed by atoms with Crippen LogP contribution in [0.5, 0.6) is 0 Å². The Balaban J connectivity index is 2.59. The standard InChI is InChI=1S/C11H13F2NO2/c1-7(15)6-14-11(16)5-8-4-9(12)2-3-10(8)13/h2-4,7,15H,5-6H2,1H3,(H,14,16). The number of amides is 1. The largest absolute Gasteiger partial charge is 0.392 e. The fourth-order valence-electron chi connectivity index (χ4n) is 1.18. The Morgan fingerprint density at radius 2 is 2.19 bits per heavy atom. The van der Waals surface area contributed by atoms with E-state index in [1.165, 1.54) is 6.92 Å². The first kappa shape index (κ1) is 12.6. The Hall–Kier alpha value is -1.49. The SMILES string of the molecule is CC(O)CNC(=O)Cc1cc(F)ccc1F. The Bertz CT molecular complexity index is 380. The van der Waals surface area contributed by atoms with Gasteiger partial charge >= 0.3 is 0 Å². The average molecular weight is 229 g/mol. The molecule has 0 aliphatic heterocycles. The number of benzene rings is 1. The van der Waals surface area contributed by atoms with Gasteiger partial charge < -0.3 is 10.4 Å². The number of carbonyl (C=O) groups excluding carboxylic acids is 1. The van der Waals surface area contributed by atoms with Crippen LogP contribution in [0.25, 0.3) is 0 Å². The number of rotatable bonds is 4. The first-order valence-electron chi connectivity index (χ1n) is 4.87. The highest BCUT2D eigenvalue weighted by molar-refractivity contribution is 5.78. The van der Waals surface area contributed by atoms with Crippen molar-refractivity contribution in [2.75, 3.05) is 6.54 Å². The van der Waals surface area contributed by atoms with E-state index in [4.69, 9.17) is 5.11 Å². The molecule has 1 atom stereocenters. The molecule has 0 aliphatic rings. The summed E-state index contributed by atoms with van der Waals surface area (Å²) in [6, 6.07) is 2.95. The van der Waals surface area contributed by atoms with Crippen molar-refractivity contribution in [1.82, 2.24) is 5.32 Å². The maximum Gasteiger partial charge on any atom is 0.224 e. The van der Waals surface area contributed by atoms with Crippen molar-refractivity contribution in [2.45, 2.75) is 19.4 Å². The molecule has 0 heterocycles. The van der Waals surface area contributed by atoms with Crippen molar-refractivity contribution in [1.29, 1.82) is 0 Å². The summed E-state index contributed by atoms with van der Waals surface area (Å²) in [6.45, 7) is 1.61. The fourth-order valence-corrected chi connectivity index (χ4v) is 1.18. The summed E-state index contributed by atoms with van der Waals surface area (Å²) in [5.74, 6) is -1.65. The molecule has 0 saturated carbocycles. The molecule has 0 spiro atoms. The molecular formula is C11H13F2NO2. The van der Waals surface area contributed by atoms with Gasteiger partial charge in [-0.05, 0) is 25.1 Å². The van der Waals surface area contributed by atoms with Gasteiger partial charge in [-0.2, -0.15) is 0 Å². The summed E-state index contributed by atoms with van der Waals surface area (Å²) in [7, 11) is 0. The molecule has 1 rings (SSSR count). The van der Waals surface area contributed by atoms with Gasteiger partial charge in [-0.1, -0.05) is 0 Å². The van der Waals surface area contributed by atoms with Crippen LogP contribution in [0.15, 0.2) is 18.2 Å². The van der Waals surface area contributed by atoms with Crippen LogP contribution >= 0.6 is 0 Å². The Kier molecular flexibility index (Phi) is 4.37. The quantitative estimate of drug-likeness (QED) is 0.809. The van der Waals surface area contributed by atoms with Crippen molar-refractivity contribution in [3.63, 3.8) is 0 Å². The van der Waals surface area contributed by atoms with Crippen molar-refractivity contribution in [3.8, 4) is 0 Å². The molecule has 0 saturated heterocycles. The van der Waals surface area contributed by atoms with Gasteiger partial charge in [0, 0.05) is 12.1 Å². The Labute approximate surface area is 92.1 Å². The normalized spacial score (nSPS) is 12.2. The lowest BCUT2D eigenvalue weighted by molar-refractivity contribution is -0.120. The molecule has 16 heavy (non-hydrogen) atoms. The van der Waals surface area contributed by atoms with Crippen LogP contribution in [0.2, 0.25) is 0 Å². The van der Waals surface area contributed by atoms with Gasteiger partial charge in [0.1, 0.15) is 11.6 Å². The van der Waals surface area contributed by atoms with Crippen molar-refractivity contribution < 1.29 is 18.7 Å². The highest BCUT2D eigenvalue weighted by Gasteiger charge is 2.09. The van der Waals surface area contributed by atoms with Crippen LogP contribution in [-0.4, -0.2) is 23.7 Å². The van der Waals surface area contributed by atoms with Gasteiger partial charge in [-0.25, -0.2) is 8.78 Å². The number of halogens is 2. The van der Waals surface area contributed by atoms with E-state index >= 15 is 0 Å². The van der Waals surface area contributed by atoms with E-state index in [0.717, 1.165) is 18.2 Å². The number of aliphatic hydroxyl groups excluding tert-OH is 1. The molecule has 0 bridgehead atoms. The van der Waals surface area contributed by atoms with Crippen molar-refractivity contribution >= 4 is 5.91 Å². The van der Waals surface area contributed by atoms with Gasteiger partial charge in [0.05, 0.1) is 12.5 Å². The van der Waals surface area contributed by atoms with Gasteiger partial charge in [-0.3, -0.25) is 4.79 Å². The summed E-state index contributed by atoms with van der Waals surface area (Å²) in [5, 5.41) is 11.3. The zero-order valence-corrected chi connectivity index (χ0v) is 8.84. The smallest absolute Gasteiger partial charge is 0.224 e. The number of carbonyl (C=O) groups is 1. The lowest BCUT2D eigenvalue weighted by Crippen LogP contribution is -2.31. The maximum atomic E-state index is 13.1. The van der Waals surface area contributed by atoms with Crippen LogP contribution in [0.1, 0.15) is 12.5 Å². The summed E-state index contributed by atoms with van der Waals surface area (Å²) in [5.41, 5.74) is 0.00286. The Morgan fingerprint density at radius 3 is 2.81 bits per heavy atom. The predicted molar refractivity (Wildman–Crippen MR) is 54.8 cm³/mol. The molecule has 1 aromatic rings. The van der Waals surface area contributed by atoms with E-state index in [1.54, 1.807) is 0 Å². The number of hydrogen-bond acceptors (Lipinski definition) is 2. The molecule has 2 N–H and O–H groups in total. The molecule has 1 aromatic carbocycles. The van der Waals surface area contributed by atoms with E-state index in [9.17, 15) is 13.6 Å². The zero-order valence-electron chi connectivity index (χ0n) is 8.84. The molecular weight excluding hydrogens is 216 g/mol. The third kappa shape index (κ3) is 3.94. The molecule has 0 aromatic heterocycles. The van der Waals surface area contributed by atoms with Crippen LogP contribution < -0.4 is 5.32 Å². The summed E-state index contributed by atoms with van der Waals surface area (Å²) >= 11 is 0. The lowest BCUT2D eigenvalue weighted by atomic mass is 10.1. The first-order valence-corrected chi connectivity index (χ1v) is 4.87. The molecule has 0 aliphatic carbocycles. The van der Waals surface area contributed by atoms with Gasteiger partial charge in [0.2, 0.25) is 5.91 Å². The van der Waals surface area contributed by atoms with E-state index in [1.807, 2.05) is 0 Å². The van der Waals surface area contributed by atoms with Gasteiger partial charge in [0.15, 0.2) is 0 Å². The van der Waals surface area contributed by atoms with E-state index < -0.39 is 23.6 Å². The fraction of sp³-hybridized carbons (Fsp3) is 0.364. The van der Waals surface area contributed by atoms with Crippen molar-refractivity contribution in [3.05, 3.63) is 35.4 Å². The van der Waals surface area contributed by atoms with Crippen LogP contribution in [-0.2, 0) is 11.2 Å². The summed E-state index contributed by atoms with van der Waals surface area (Å²) in [6.07, 6.45) is -0.905. The molecule has 0 fully saturated rings.